The normalized spacial score (nSPS) is 11.0. The number of hydrogen-bond acceptors (Lipinski definition) is 3. The fourth-order valence-electron chi connectivity index (χ4n) is 3.58. The largest absolute Gasteiger partial charge is 0.493 e. The summed E-state index contributed by atoms with van der Waals surface area (Å²) in [6.07, 6.45) is 2.31. The summed E-state index contributed by atoms with van der Waals surface area (Å²) in [4.78, 5) is 20.4. The fourth-order valence-corrected chi connectivity index (χ4v) is 3.58. The van der Waals surface area contributed by atoms with Crippen molar-refractivity contribution in [2.24, 2.45) is 0 Å². The number of benzene rings is 1. The van der Waals surface area contributed by atoms with Crippen molar-refractivity contribution in [1.29, 1.82) is 0 Å². The summed E-state index contributed by atoms with van der Waals surface area (Å²) in [6, 6.07) is 10.3. The second-order valence-corrected chi connectivity index (χ2v) is 7.03. The Morgan fingerprint density at radius 3 is 2.36 bits per heavy atom. The smallest absolute Gasteiger partial charge is 0.254 e. The zero-order valence-electron chi connectivity index (χ0n) is 17.4. The van der Waals surface area contributed by atoms with Crippen LogP contribution in [0.1, 0.15) is 49.8 Å². The average Bonchev–Trinajstić information content (AvgIpc) is 3.03. The molecule has 0 spiro atoms. The van der Waals surface area contributed by atoms with E-state index in [1.54, 1.807) is 0 Å². The van der Waals surface area contributed by atoms with Crippen molar-refractivity contribution >= 4 is 0 Å². The Bertz CT molecular complexity index is 1010. The Labute approximate surface area is 166 Å². The van der Waals surface area contributed by atoms with Crippen LogP contribution in [-0.4, -0.2) is 21.1 Å². The van der Waals surface area contributed by atoms with E-state index in [-0.39, 0.29) is 5.56 Å². The molecular weight excluding hydrogens is 350 g/mol. The summed E-state index contributed by atoms with van der Waals surface area (Å²) in [7, 11) is 0. The molecule has 1 aromatic carbocycles. The highest BCUT2D eigenvalue weighted by Crippen LogP contribution is 2.31. The molecule has 0 bridgehead atoms. The second kappa shape index (κ2) is 8.46. The van der Waals surface area contributed by atoms with Crippen LogP contribution in [0.2, 0.25) is 0 Å². The van der Waals surface area contributed by atoms with Crippen LogP contribution in [-0.2, 0) is 12.8 Å². The SMILES string of the molecule is CCCOc1ccc(-n2c(C)ccc2C)cc1-c1nc(CC)c(CC)c(=O)[nH]1. The predicted molar refractivity (Wildman–Crippen MR) is 114 cm³/mol. The highest BCUT2D eigenvalue weighted by molar-refractivity contribution is 5.68. The summed E-state index contributed by atoms with van der Waals surface area (Å²) >= 11 is 0. The first-order chi connectivity index (χ1) is 13.5. The van der Waals surface area contributed by atoms with E-state index in [4.69, 9.17) is 9.72 Å². The van der Waals surface area contributed by atoms with Crippen molar-refractivity contribution in [3.63, 3.8) is 0 Å². The summed E-state index contributed by atoms with van der Waals surface area (Å²) in [5.41, 5.74) is 5.69. The molecule has 0 saturated heterocycles. The molecule has 3 aromatic rings. The Kier molecular flexibility index (Phi) is 6.02. The van der Waals surface area contributed by atoms with Gasteiger partial charge in [-0.15, -0.1) is 0 Å². The van der Waals surface area contributed by atoms with Gasteiger partial charge in [0, 0.05) is 22.6 Å². The lowest BCUT2D eigenvalue weighted by Gasteiger charge is -2.16. The van der Waals surface area contributed by atoms with E-state index in [0.717, 1.165) is 52.5 Å². The molecule has 0 fully saturated rings. The molecule has 0 radical (unpaired) electrons. The average molecular weight is 380 g/mol. The van der Waals surface area contributed by atoms with Crippen molar-refractivity contribution < 1.29 is 4.74 Å². The van der Waals surface area contributed by atoms with E-state index in [9.17, 15) is 4.79 Å². The highest BCUT2D eigenvalue weighted by Gasteiger charge is 2.16. The van der Waals surface area contributed by atoms with Gasteiger partial charge in [0.15, 0.2) is 0 Å². The van der Waals surface area contributed by atoms with Gasteiger partial charge < -0.3 is 14.3 Å². The van der Waals surface area contributed by atoms with E-state index in [1.165, 1.54) is 0 Å². The quantitative estimate of drug-likeness (QED) is 0.644. The fraction of sp³-hybridized carbons (Fsp3) is 0.391. The topological polar surface area (TPSA) is 59.9 Å². The first-order valence-electron chi connectivity index (χ1n) is 10.0. The van der Waals surface area contributed by atoms with E-state index < -0.39 is 0 Å². The van der Waals surface area contributed by atoms with Crippen molar-refractivity contribution in [3.8, 4) is 22.8 Å². The van der Waals surface area contributed by atoms with Crippen LogP contribution >= 0.6 is 0 Å². The molecule has 3 rings (SSSR count). The van der Waals surface area contributed by atoms with E-state index in [2.05, 4.69) is 42.5 Å². The lowest BCUT2D eigenvalue weighted by molar-refractivity contribution is 0.318. The lowest BCUT2D eigenvalue weighted by Crippen LogP contribution is -2.18. The van der Waals surface area contributed by atoms with Crippen LogP contribution in [0.25, 0.3) is 17.1 Å². The van der Waals surface area contributed by atoms with Crippen LogP contribution in [0.5, 0.6) is 5.75 Å². The van der Waals surface area contributed by atoms with Crippen LogP contribution < -0.4 is 10.3 Å². The van der Waals surface area contributed by atoms with Gasteiger partial charge in [0.1, 0.15) is 11.6 Å². The first-order valence-corrected chi connectivity index (χ1v) is 10.0. The number of H-pyrrole nitrogens is 1. The van der Waals surface area contributed by atoms with Gasteiger partial charge in [0.25, 0.3) is 5.56 Å². The summed E-state index contributed by atoms with van der Waals surface area (Å²) in [6.45, 7) is 10.9. The van der Waals surface area contributed by atoms with Crippen LogP contribution in [0.15, 0.2) is 35.1 Å². The zero-order valence-corrected chi connectivity index (χ0v) is 17.4. The number of aromatic nitrogens is 3. The zero-order chi connectivity index (χ0) is 20.3. The van der Waals surface area contributed by atoms with Crippen LogP contribution in [0.3, 0.4) is 0 Å². The van der Waals surface area contributed by atoms with Gasteiger partial charge in [-0.1, -0.05) is 20.8 Å². The summed E-state index contributed by atoms with van der Waals surface area (Å²) < 4.78 is 8.16. The first kappa shape index (κ1) is 19.9. The van der Waals surface area contributed by atoms with E-state index >= 15 is 0 Å². The summed E-state index contributed by atoms with van der Waals surface area (Å²) in [5.74, 6) is 1.30. The second-order valence-electron chi connectivity index (χ2n) is 7.03. The Morgan fingerprint density at radius 2 is 1.75 bits per heavy atom. The van der Waals surface area contributed by atoms with E-state index in [0.29, 0.717) is 18.9 Å². The van der Waals surface area contributed by atoms with Gasteiger partial charge in [-0.25, -0.2) is 4.98 Å². The van der Waals surface area contributed by atoms with Gasteiger partial charge in [0.05, 0.1) is 17.9 Å². The molecule has 0 amide bonds. The molecule has 1 N–H and O–H groups in total. The van der Waals surface area contributed by atoms with Gasteiger partial charge >= 0.3 is 0 Å². The highest BCUT2D eigenvalue weighted by atomic mass is 16.5. The molecule has 0 atom stereocenters. The molecule has 28 heavy (non-hydrogen) atoms. The van der Waals surface area contributed by atoms with Crippen LogP contribution in [0, 0.1) is 13.8 Å². The number of aromatic amines is 1. The van der Waals surface area contributed by atoms with Crippen molar-refractivity contribution in [2.75, 3.05) is 6.61 Å². The maximum absolute atomic E-state index is 12.6. The standard InChI is InChI=1S/C23H29N3O2/c1-6-13-28-21-12-11-17(26-15(4)9-10-16(26)5)14-19(21)22-24-20(8-3)18(7-2)23(27)25-22/h9-12,14H,6-8,13H2,1-5H3,(H,24,25,27). The number of nitrogens with one attached hydrogen (secondary N) is 1. The number of nitrogens with zero attached hydrogens (tertiary/aromatic N) is 2. The van der Waals surface area contributed by atoms with Gasteiger partial charge in [0.2, 0.25) is 0 Å². The minimum Gasteiger partial charge on any atom is -0.493 e. The third-order valence-corrected chi connectivity index (χ3v) is 5.00. The van der Waals surface area contributed by atoms with Gasteiger partial charge in [-0.3, -0.25) is 4.79 Å². The monoisotopic (exact) mass is 379 g/mol. The van der Waals surface area contributed by atoms with Gasteiger partial charge in [-0.05, 0) is 63.4 Å². The molecule has 148 valence electrons. The Balaban J connectivity index is 2.21. The number of rotatable bonds is 7. The third kappa shape index (κ3) is 3.75. The molecule has 5 nitrogen and oxygen atoms in total. The van der Waals surface area contributed by atoms with E-state index in [1.807, 2.05) is 32.0 Å². The maximum Gasteiger partial charge on any atom is 0.254 e. The van der Waals surface area contributed by atoms with Crippen LogP contribution in [0.4, 0.5) is 0 Å². The molecule has 0 aliphatic rings. The minimum absolute atomic E-state index is 0.0653. The number of ether oxygens (including phenoxy) is 1. The number of hydrogen-bond donors (Lipinski definition) is 1. The summed E-state index contributed by atoms with van der Waals surface area (Å²) in [5, 5.41) is 0. The molecule has 0 saturated carbocycles. The molecule has 0 aliphatic carbocycles. The molecule has 5 heteroatoms. The van der Waals surface area contributed by atoms with Gasteiger partial charge in [-0.2, -0.15) is 0 Å². The predicted octanol–water partition coefficient (Wildman–Crippen LogP) is 4.76. The molecule has 0 aliphatic heterocycles. The maximum atomic E-state index is 12.6. The number of aryl methyl sites for hydroxylation is 3. The Hall–Kier alpha value is -2.82. The third-order valence-electron chi connectivity index (χ3n) is 5.00. The van der Waals surface area contributed by atoms with Crippen molar-refractivity contribution in [2.45, 2.75) is 53.9 Å². The minimum atomic E-state index is -0.0653. The molecule has 2 heterocycles. The van der Waals surface area contributed by atoms with Crippen molar-refractivity contribution in [1.82, 2.24) is 14.5 Å². The Morgan fingerprint density at radius 1 is 1.04 bits per heavy atom. The molecule has 0 unspecified atom stereocenters. The molecule has 2 aromatic heterocycles. The van der Waals surface area contributed by atoms with Crippen molar-refractivity contribution in [3.05, 3.63) is 63.3 Å². The molecular formula is C23H29N3O2. The lowest BCUT2D eigenvalue weighted by atomic mass is 10.1.